The van der Waals surface area contributed by atoms with Crippen molar-refractivity contribution in [2.75, 3.05) is 19.1 Å². The molecule has 0 saturated heterocycles. The van der Waals surface area contributed by atoms with Crippen LogP contribution in [0.3, 0.4) is 0 Å². The summed E-state index contributed by atoms with van der Waals surface area (Å²) < 4.78 is 1.87. The fraction of sp³-hybridized carbons (Fsp3) is 0.875. The highest BCUT2D eigenvalue weighted by Crippen LogP contribution is 2.01. The number of nitrogens with one attached hydrogen (secondary N) is 1. The molecular weight excluding hydrogens is 198 g/mol. The smallest absolute Gasteiger partial charge is 0.165 e. The quantitative estimate of drug-likeness (QED) is 0.673. The van der Waals surface area contributed by atoms with E-state index < -0.39 is 0 Å². The molecule has 0 spiro atoms. The molecule has 0 aliphatic carbocycles. The number of aryl methyl sites for hydroxylation is 1. The fourth-order valence-electron chi connectivity index (χ4n) is 1.19. The van der Waals surface area contributed by atoms with E-state index in [1.807, 2.05) is 23.5 Å². The lowest BCUT2D eigenvalue weighted by molar-refractivity contribution is 0.526. The summed E-state index contributed by atoms with van der Waals surface area (Å²) in [5.41, 5.74) is 0. The second-order valence-corrected chi connectivity index (χ2v) is 4.03. The van der Waals surface area contributed by atoms with E-state index in [2.05, 4.69) is 27.1 Å². The summed E-state index contributed by atoms with van der Waals surface area (Å²) in [4.78, 5) is 0. The lowest BCUT2D eigenvalue weighted by Crippen LogP contribution is -2.13. The number of nitrogens with zero attached hydrogens (tertiary/aromatic N) is 4. The predicted molar refractivity (Wildman–Crippen MR) is 58.2 cm³/mol. The van der Waals surface area contributed by atoms with Gasteiger partial charge in [-0.05, 0) is 42.3 Å². The van der Waals surface area contributed by atoms with E-state index in [0.29, 0.717) is 0 Å². The molecule has 0 atom stereocenters. The van der Waals surface area contributed by atoms with E-state index >= 15 is 0 Å². The monoisotopic (exact) mass is 215 g/mol. The zero-order valence-electron chi connectivity index (χ0n) is 8.73. The van der Waals surface area contributed by atoms with Crippen LogP contribution in [-0.4, -0.2) is 39.3 Å². The van der Waals surface area contributed by atoms with Crippen molar-refractivity contribution in [2.24, 2.45) is 0 Å². The summed E-state index contributed by atoms with van der Waals surface area (Å²) in [6.45, 7) is 1.65. The van der Waals surface area contributed by atoms with Crippen molar-refractivity contribution in [3.63, 3.8) is 0 Å². The van der Waals surface area contributed by atoms with E-state index in [1.54, 1.807) is 0 Å². The fourth-order valence-corrected chi connectivity index (χ4v) is 1.68. The standard InChI is InChI=1S/C8H17N5S/c1-9-7-8-10-11-12-13(8)5-3-4-6-14-2/h9H,3-7H2,1-2H3. The van der Waals surface area contributed by atoms with Crippen molar-refractivity contribution in [3.05, 3.63) is 5.82 Å². The Bertz CT molecular complexity index is 250. The molecule has 0 saturated carbocycles. The van der Waals surface area contributed by atoms with Gasteiger partial charge in [0.1, 0.15) is 0 Å². The first-order valence-corrected chi connectivity index (χ1v) is 6.16. The van der Waals surface area contributed by atoms with Crippen molar-refractivity contribution < 1.29 is 0 Å². The van der Waals surface area contributed by atoms with Gasteiger partial charge in [0.2, 0.25) is 0 Å². The van der Waals surface area contributed by atoms with Crippen molar-refractivity contribution >= 4 is 11.8 Å². The van der Waals surface area contributed by atoms with E-state index in [0.717, 1.165) is 25.3 Å². The van der Waals surface area contributed by atoms with Gasteiger partial charge < -0.3 is 5.32 Å². The second kappa shape index (κ2) is 6.78. The van der Waals surface area contributed by atoms with Crippen LogP contribution in [0.5, 0.6) is 0 Å². The summed E-state index contributed by atoms with van der Waals surface area (Å²) in [5, 5.41) is 14.6. The Hall–Kier alpha value is -0.620. The number of aromatic nitrogens is 4. The molecule has 6 heteroatoms. The van der Waals surface area contributed by atoms with Crippen LogP contribution in [-0.2, 0) is 13.1 Å². The highest BCUT2D eigenvalue weighted by molar-refractivity contribution is 7.98. The maximum atomic E-state index is 3.94. The number of hydrogen-bond acceptors (Lipinski definition) is 5. The van der Waals surface area contributed by atoms with Crippen molar-refractivity contribution in [3.8, 4) is 0 Å². The number of thioether (sulfide) groups is 1. The number of rotatable bonds is 7. The van der Waals surface area contributed by atoms with Crippen LogP contribution in [0.2, 0.25) is 0 Å². The summed E-state index contributed by atoms with van der Waals surface area (Å²) in [5.74, 6) is 2.13. The van der Waals surface area contributed by atoms with Crippen LogP contribution in [0, 0.1) is 0 Å². The van der Waals surface area contributed by atoms with E-state index in [1.165, 1.54) is 12.2 Å². The van der Waals surface area contributed by atoms with Crippen molar-refractivity contribution in [1.82, 2.24) is 25.5 Å². The number of hydrogen-bond donors (Lipinski definition) is 1. The summed E-state index contributed by atoms with van der Waals surface area (Å²) >= 11 is 1.88. The molecular formula is C8H17N5S. The van der Waals surface area contributed by atoms with E-state index in [9.17, 15) is 0 Å². The van der Waals surface area contributed by atoms with Crippen LogP contribution < -0.4 is 5.32 Å². The molecule has 5 nitrogen and oxygen atoms in total. The molecule has 1 rings (SSSR count). The Morgan fingerprint density at radius 2 is 2.29 bits per heavy atom. The van der Waals surface area contributed by atoms with Gasteiger partial charge in [-0.3, -0.25) is 0 Å². The third-order valence-corrected chi connectivity index (χ3v) is 2.61. The van der Waals surface area contributed by atoms with Crippen LogP contribution >= 0.6 is 11.8 Å². The molecule has 0 aromatic carbocycles. The predicted octanol–water partition coefficient (Wildman–Crippen LogP) is 0.536. The molecule has 0 bridgehead atoms. The molecule has 1 heterocycles. The molecule has 0 fully saturated rings. The first-order chi connectivity index (χ1) is 6.88. The minimum absolute atomic E-state index is 0.732. The largest absolute Gasteiger partial charge is 0.313 e. The Morgan fingerprint density at radius 3 is 3.00 bits per heavy atom. The molecule has 0 aliphatic rings. The molecule has 80 valence electrons. The van der Waals surface area contributed by atoms with Crippen LogP contribution in [0.25, 0.3) is 0 Å². The molecule has 1 aromatic heterocycles. The third-order valence-electron chi connectivity index (χ3n) is 1.91. The number of tetrazole rings is 1. The third kappa shape index (κ3) is 3.63. The maximum absolute atomic E-state index is 3.94. The summed E-state index contributed by atoms with van der Waals surface area (Å²) in [7, 11) is 1.90. The van der Waals surface area contributed by atoms with E-state index in [-0.39, 0.29) is 0 Å². The molecule has 14 heavy (non-hydrogen) atoms. The zero-order valence-corrected chi connectivity index (χ0v) is 9.55. The molecule has 1 N–H and O–H groups in total. The van der Waals surface area contributed by atoms with Crippen molar-refractivity contribution in [1.29, 1.82) is 0 Å². The SMILES string of the molecule is CNCc1nnnn1CCCCSC. The van der Waals surface area contributed by atoms with Gasteiger partial charge in [-0.25, -0.2) is 4.68 Å². The molecule has 0 amide bonds. The topological polar surface area (TPSA) is 55.6 Å². The average molecular weight is 215 g/mol. The van der Waals surface area contributed by atoms with Gasteiger partial charge in [0.25, 0.3) is 0 Å². The molecule has 0 radical (unpaired) electrons. The molecule has 0 aliphatic heterocycles. The molecule has 0 unspecified atom stereocenters. The summed E-state index contributed by atoms with van der Waals surface area (Å²) in [6.07, 6.45) is 4.49. The first kappa shape index (κ1) is 11.5. The van der Waals surface area contributed by atoms with Gasteiger partial charge in [-0.2, -0.15) is 11.8 Å². The molecule has 1 aromatic rings. The van der Waals surface area contributed by atoms with Crippen LogP contribution in [0.1, 0.15) is 18.7 Å². The van der Waals surface area contributed by atoms with Crippen LogP contribution in [0.4, 0.5) is 0 Å². The average Bonchev–Trinajstić information content (AvgIpc) is 2.61. The highest BCUT2D eigenvalue weighted by atomic mass is 32.2. The van der Waals surface area contributed by atoms with Crippen LogP contribution in [0.15, 0.2) is 0 Å². The van der Waals surface area contributed by atoms with Gasteiger partial charge >= 0.3 is 0 Å². The zero-order chi connectivity index (χ0) is 10.2. The van der Waals surface area contributed by atoms with E-state index in [4.69, 9.17) is 0 Å². The van der Waals surface area contributed by atoms with Gasteiger partial charge in [0, 0.05) is 6.54 Å². The maximum Gasteiger partial charge on any atom is 0.165 e. The number of unbranched alkanes of at least 4 members (excludes halogenated alkanes) is 1. The Balaban J connectivity index is 2.30. The Labute approximate surface area is 88.6 Å². The van der Waals surface area contributed by atoms with Gasteiger partial charge in [-0.1, -0.05) is 0 Å². The van der Waals surface area contributed by atoms with Gasteiger partial charge in [0.15, 0.2) is 5.82 Å². The minimum Gasteiger partial charge on any atom is -0.313 e. The first-order valence-electron chi connectivity index (χ1n) is 4.77. The summed E-state index contributed by atoms with van der Waals surface area (Å²) in [6, 6.07) is 0. The Kier molecular flexibility index (Phi) is 5.55. The highest BCUT2D eigenvalue weighted by Gasteiger charge is 2.03. The lowest BCUT2D eigenvalue weighted by Gasteiger charge is -2.03. The second-order valence-electron chi connectivity index (χ2n) is 3.05. The minimum atomic E-state index is 0.732. The lowest BCUT2D eigenvalue weighted by atomic mass is 10.3. The Morgan fingerprint density at radius 1 is 1.43 bits per heavy atom. The van der Waals surface area contributed by atoms with Gasteiger partial charge in [0.05, 0.1) is 6.54 Å². The normalized spacial score (nSPS) is 10.7. The van der Waals surface area contributed by atoms with Gasteiger partial charge in [-0.15, -0.1) is 5.10 Å². The van der Waals surface area contributed by atoms with Crippen molar-refractivity contribution in [2.45, 2.75) is 25.9 Å².